The van der Waals surface area contributed by atoms with E-state index in [4.69, 9.17) is 14.6 Å². The van der Waals surface area contributed by atoms with E-state index in [0.29, 0.717) is 31.3 Å². The fourth-order valence-corrected chi connectivity index (χ4v) is 4.95. The van der Waals surface area contributed by atoms with Gasteiger partial charge in [0.15, 0.2) is 0 Å². The zero-order valence-electron chi connectivity index (χ0n) is 25.0. The predicted molar refractivity (Wildman–Crippen MR) is 169 cm³/mol. The molecule has 1 aromatic heterocycles. The molecule has 0 spiro atoms. The molecule has 1 unspecified atom stereocenters. The van der Waals surface area contributed by atoms with E-state index in [9.17, 15) is 4.79 Å². The molecule has 2 heterocycles. The molecule has 42 heavy (non-hydrogen) atoms. The lowest BCUT2D eigenvalue weighted by molar-refractivity contribution is -0.0575. The van der Waals surface area contributed by atoms with Gasteiger partial charge in [-0.25, -0.2) is 9.48 Å². The molecule has 3 aromatic carbocycles. The van der Waals surface area contributed by atoms with Gasteiger partial charge in [-0.1, -0.05) is 80.6 Å². The van der Waals surface area contributed by atoms with Crippen LogP contribution in [-0.2, 0) is 14.9 Å². The van der Waals surface area contributed by atoms with Crippen molar-refractivity contribution >= 4 is 28.3 Å². The summed E-state index contributed by atoms with van der Waals surface area (Å²) in [7, 11) is 1.69. The van der Waals surface area contributed by atoms with Crippen molar-refractivity contribution in [3.8, 4) is 17.5 Å². The second-order valence-corrected chi connectivity index (χ2v) is 11.7. The van der Waals surface area contributed by atoms with Crippen molar-refractivity contribution in [2.45, 2.75) is 39.2 Å². The van der Waals surface area contributed by atoms with Gasteiger partial charge in [0.1, 0.15) is 5.82 Å². The average Bonchev–Trinajstić information content (AvgIpc) is 3.39. The number of carbonyl (C=O) groups is 1. The van der Waals surface area contributed by atoms with Gasteiger partial charge in [0.2, 0.25) is 0 Å². The standard InChI is InChI=1S/C34H39N5O3/c1-24-12-16-27(17-13-24)39-31(21-30(37-39)34(2,3)4)35-33(40)36-32-26(15-14-25-9-6-7-11-29(25)32)10-8-18-38-19-20-42-28(22-38)23-41-5/h6-7,9,11-17,21,28H,18-20,22-23H2,1-5H3,(H2,35,36,40). The van der Waals surface area contributed by atoms with Crippen molar-refractivity contribution in [3.05, 3.63) is 83.6 Å². The van der Waals surface area contributed by atoms with Crippen LogP contribution >= 0.6 is 0 Å². The molecular weight excluding hydrogens is 526 g/mol. The summed E-state index contributed by atoms with van der Waals surface area (Å²) in [5.41, 5.74) is 4.15. The van der Waals surface area contributed by atoms with Crippen molar-refractivity contribution in [1.82, 2.24) is 14.7 Å². The Labute approximate surface area is 248 Å². The number of hydrogen-bond donors (Lipinski definition) is 2. The maximum absolute atomic E-state index is 13.5. The minimum absolute atomic E-state index is 0.0549. The number of aryl methyl sites for hydroxylation is 1. The van der Waals surface area contributed by atoms with E-state index in [0.717, 1.165) is 46.4 Å². The highest BCUT2D eigenvalue weighted by atomic mass is 16.5. The van der Waals surface area contributed by atoms with E-state index in [2.05, 4.69) is 48.1 Å². The highest BCUT2D eigenvalue weighted by Crippen LogP contribution is 2.29. The highest BCUT2D eigenvalue weighted by Gasteiger charge is 2.22. The van der Waals surface area contributed by atoms with Gasteiger partial charge in [-0.2, -0.15) is 5.10 Å². The number of aromatic nitrogens is 2. The molecule has 0 saturated carbocycles. The van der Waals surface area contributed by atoms with Gasteiger partial charge in [-0.05, 0) is 30.5 Å². The summed E-state index contributed by atoms with van der Waals surface area (Å²) in [6.45, 7) is 11.8. The maximum Gasteiger partial charge on any atom is 0.324 e. The molecule has 1 aliphatic rings. The van der Waals surface area contributed by atoms with Crippen LogP contribution < -0.4 is 10.6 Å². The first-order valence-corrected chi connectivity index (χ1v) is 14.3. The molecule has 2 amide bonds. The van der Waals surface area contributed by atoms with Crippen LogP contribution in [0.15, 0.2) is 66.7 Å². The number of fused-ring (bicyclic) bond motifs is 1. The number of rotatable bonds is 6. The largest absolute Gasteiger partial charge is 0.382 e. The van der Waals surface area contributed by atoms with Crippen LogP contribution in [0.5, 0.6) is 0 Å². The van der Waals surface area contributed by atoms with Crippen LogP contribution in [0.2, 0.25) is 0 Å². The topological polar surface area (TPSA) is 80.7 Å². The fourth-order valence-electron chi connectivity index (χ4n) is 4.95. The summed E-state index contributed by atoms with van der Waals surface area (Å²) in [5.74, 6) is 7.21. The van der Waals surface area contributed by atoms with Gasteiger partial charge in [-0.3, -0.25) is 10.2 Å². The molecule has 1 saturated heterocycles. The number of carbonyl (C=O) groups excluding carboxylic acids is 1. The van der Waals surface area contributed by atoms with Crippen LogP contribution in [0.25, 0.3) is 16.5 Å². The second-order valence-electron chi connectivity index (χ2n) is 11.7. The van der Waals surface area contributed by atoms with Crippen molar-refractivity contribution in [1.29, 1.82) is 0 Å². The Bertz CT molecular complexity index is 1610. The van der Waals surface area contributed by atoms with Crippen molar-refractivity contribution in [3.63, 3.8) is 0 Å². The Kier molecular flexibility index (Phi) is 8.93. The zero-order chi connectivity index (χ0) is 29.7. The summed E-state index contributed by atoms with van der Waals surface area (Å²) >= 11 is 0. The number of morpholine rings is 1. The van der Waals surface area contributed by atoms with Gasteiger partial charge in [-0.15, -0.1) is 0 Å². The number of benzene rings is 3. The Morgan fingerprint density at radius 3 is 2.64 bits per heavy atom. The number of amides is 2. The molecule has 0 bridgehead atoms. The van der Waals surface area contributed by atoms with Crippen LogP contribution in [0.3, 0.4) is 0 Å². The van der Waals surface area contributed by atoms with Gasteiger partial charge in [0.05, 0.1) is 42.9 Å². The first-order valence-electron chi connectivity index (χ1n) is 14.3. The van der Waals surface area contributed by atoms with Crippen molar-refractivity contribution < 1.29 is 14.3 Å². The zero-order valence-corrected chi connectivity index (χ0v) is 25.0. The molecule has 218 valence electrons. The molecule has 1 fully saturated rings. The number of hydrogen-bond acceptors (Lipinski definition) is 5. The lowest BCUT2D eigenvalue weighted by Gasteiger charge is -2.31. The molecule has 0 aliphatic carbocycles. The monoisotopic (exact) mass is 565 g/mol. The van der Waals surface area contributed by atoms with Gasteiger partial charge >= 0.3 is 6.03 Å². The minimum Gasteiger partial charge on any atom is -0.382 e. The number of urea groups is 1. The molecule has 1 atom stereocenters. The molecular formula is C34H39N5O3. The molecule has 4 aromatic rings. The lowest BCUT2D eigenvalue weighted by Crippen LogP contribution is -2.44. The van der Waals surface area contributed by atoms with E-state index in [1.54, 1.807) is 11.8 Å². The molecule has 2 N–H and O–H groups in total. The summed E-state index contributed by atoms with van der Waals surface area (Å²) in [6.07, 6.45) is 0.0549. The van der Waals surface area contributed by atoms with E-state index in [1.165, 1.54) is 0 Å². The van der Waals surface area contributed by atoms with Crippen LogP contribution in [0.4, 0.5) is 16.3 Å². The van der Waals surface area contributed by atoms with Gasteiger partial charge in [0.25, 0.3) is 0 Å². The second kappa shape index (κ2) is 12.8. The number of ether oxygens (including phenoxy) is 2. The number of anilines is 2. The Morgan fingerprint density at radius 2 is 1.88 bits per heavy atom. The van der Waals surface area contributed by atoms with Crippen LogP contribution in [-0.4, -0.2) is 66.8 Å². The number of nitrogens with zero attached hydrogens (tertiary/aromatic N) is 3. The SMILES string of the molecule is COCC1CN(CC#Cc2ccc3ccccc3c2NC(=O)Nc2cc(C(C)(C)C)nn2-c2ccc(C)cc2)CCO1. The molecule has 0 radical (unpaired) electrons. The van der Waals surface area contributed by atoms with Gasteiger partial charge in [0, 0.05) is 42.6 Å². The molecule has 1 aliphatic heterocycles. The van der Waals surface area contributed by atoms with Crippen LogP contribution in [0, 0.1) is 18.8 Å². The summed E-state index contributed by atoms with van der Waals surface area (Å²) in [6, 6.07) is 21.6. The van der Waals surface area contributed by atoms with E-state index >= 15 is 0 Å². The summed E-state index contributed by atoms with van der Waals surface area (Å²) < 4.78 is 12.8. The third-order valence-electron chi connectivity index (χ3n) is 7.27. The van der Waals surface area contributed by atoms with Gasteiger partial charge < -0.3 is 14.8 Å². The van der Waals surface area contributed by atoms with E-state index in [-0.39, 0.29) is 17.6 Å². The minimum atomic E-state index is -0.362. The van der Waals surface area contributed by atoms with Crippen molar-refractivity contribution in [2.24, 2.45) is 0 Å². The van der Waals surface area contributed by atoms with E-state index in [1.807, 2.05) is 73.7 Å². The lowest BCUT2D eigenvalue weighted by atomic mass is 9.92. The highest BCUT2D eigenvalue weighted by molar-refractivity contribution is 6.07. The number of methoxy groups -OCH3 is 1. The van der Waals surface area contributed by atoms with E-state index < -0.39 is 0 Å². The molecule has 5 rings (SSSR count). The quantitative estimate of drug-likeness (QED) is 0.282. The van der Waals surface area contributed by atoms with Crippen LogP contribution in [0.1, 0.15) is 37.6 Å². The molecule has 8 nitrogen and oxygen atoms in total. The summed E-state index contributed by atoms with van der Waals surface area (Å²) in [5, 5.41) is 12.9. The Morgan fingerprint density at radius 1 is 1.10 bits per heavy atom. The molecule has 8 heteroatoms. The first kappa shape index (κ1) is 29.3. The first-order chi connectivity index (χ1) is 20.2. The third-order valence-corrected chi connectivity index (χ3v) is 7.27. The predicted octanol–water partition coefficient (Wildman–Crippen LogP) is 5.97. The summed E-state index contributed by atoms with van der Waals surface area (Å²) in [4.78, 5) is 15.8. The smallest absolute Gasteiger partial charge is 0.324 e. The Balaban J connectivity index is 1.41. The maximum atomic E-state index is 13.5. The third kappa shape index (κ3) is 7.00. The fraction of sp³-hybridized carbons (Fsp3) is 0.353. The average molecular weight is 566 g/mol. The Hall–Kier alpha value is -4.16. The van der Waals surface area contributed by atoms with Crippen molar-refractivity contribution in [2.75, 3.05) is 50.6 Å². The normalized spacial score (nSPS) is 15.7. The number of nitrogens with one attached hydrogen (secondary N) is 2.